The molecule has 0 saturated heterocycles. The Morgan fingerprint density at radius 1 is 1.28 bits per heavy atom. The number of likely N-dealkylation sites (N-methyl/N-ethyl adjacent to an activating group) is 1. The van der Waals surface area contributed by atoms with Crippen molar-refractivity contribution in [2.24, 2.45) is 0 Å². The summed E-state index contributed by atoms with van der Waals surface area (Å²) >= 11 is 0. The Balaban J connectivity index is 1.55. The Kier molecular flexibility index (Phi) is 3.40. The van der Waals surface area contributed by atoms with Crippen LogP contribution in [-0.4, -0.2) is 30.6 Å². The van der Waals surface area contributed by atoms with Gasteiger partial charge in [0.05, 0.1) is 0 Å². The van der Waals surface area contributed by atoms with E-state index in [0.717, 1.165) is 12.6 Å². The summed E-state index contributed by atoms with van der Waals surface area (Å²) in [5.74, 6) is 0. The van der Waals surface area contributed by atoms with E-state index >= 15 is 0 Å². The van der Waals surface area contributed by atoms with Crippen LogP contribution in [0.5, 0.6) is 0 Å². The average Bonchev–Trinajstić information content (AvgIpc) is 3.16. The second kappa shape index (κ2) is 5.02. The molecule has 98 valence electrons. The largest absolute Gasteiger partial charge is 0.308 e. The van der Waals surface area contributed by atoms with E-state index in [9.17, 15) is 0 Å². The monoisotopic (exact) mass is 244 g/mol. The van der Waals surface area contributed by atoms with E-state index in [4.69, 9.17) is 0 Å². The molecule has 2 nitrogen and oxygen atoms in total. The summed E-state index contributed by atoms with van der Waals surface area (Å²) in [4.78, 5) is 2.54. The molecule has 0 amide bonds. The lowest BCUT2D eigenvalue weighted by atomic mass is 10.1. The minimum Gasteiger partial charge on any atom is -0.308 e. The third-order valence-corrected chi connectivity index (χ3v) is 4.61. The van der Waals surface area contributed by atoms with Gasteiger partial charge < -0.3 is 5.32 Å². The van der Waals surface area contributed by atoms with Gasteiger partial charge >= 0.3 is 0 Å². The van der Waals surface area contributed by atoms with Gasteiger partial charge in [-0.25, -0.2) is 0 Å². The summed E-state index contributed by atoms with van der Waals surface area (Å²) in [6.45, 7) is 3.44. The van der Waals surface area contributed by atoms with Crippen LogP contribution >= 0.6 is 0 Å². The summed E-state index contributed by atoms with van der Waals surface area (Å²) in [7, 11) is 2.27. The fourth-order valence-corrected chi connectivity index (χ4v) is 3.07. The second-order valence-electron chi connectivity index (χ2n) is 5.94. The number of nitrogens with zero attached hydrogens (tertiary/aromatic N) is 1. The molecule has 1 fully saturated rings. The van der Waals surface area contributed by atoms with E-state index in [-0.39, 0.29) is 0 Å². The smallest absolute Gasteiger partial charge is 0.0326 e. The quantitative estimate of drug-likeness (QED) is 0.857. The van der Waals surface area contributed by atoms with Crippen LogP contribution < -0.4 is 5.32 Å². The second-order valence-corrected chi connectivity index (χ2v) is 5.94. The third-order valence-electron chi connectivity index (χ3n) is 4.61. The maximum Gasteiger partial charge on any atom is 0.0326 e. The predicted molar refractivity (Wildman–Crippen MR) is 75.8 cm³/mol. The van der Waals surface area contributed by atoms with Crippen LogP contribution in [0.3, 0.4) is 0 Å². The molecule has 2 aliphatic rings. The van der Waals surface area contributed by atoms with Gasteiger partial charge in [0.2, 0.25) is 0 Å². The molecule has 1 saturated carbocycles. The zero-order chi connectivity index (χ0) is 12.5. The maximum atomic E-state index is 3.76. The SMILES string of the molecule is CC(CNC1CCc2ccccc21)N(C)C1CC1. The predicted octanol–water partition coefficient (Wildman–Crippen LogP) is 2.75. The lowest BCUT2D eigenvalue weighted by Gasteiger charge is -2.26. The highest BCUT2D eigenvalue weighted by Gasteiger charge is 2.29. The number of nitrogens with one attached hydrogen (secondary N) is 1. The molecule has 1 aromatic rings. The molecule has 1 aromatic carbocycles. The minimum absolute atomic E-state index is 0.580. The Morgan fingerprint density at radius 2 is 2.06 bits per heavy atom. The topological polar surface area (TPSA) is 15.3 Å². The summed E-state index contributed by atoms with van der Waals surface area (Å²) in [6, 6.07) is 11.0. The third kappa shape index (κ3) is 2.45. The van der Waals surface area contributed by atoms with Crippen LogP contribution in [0, 0.1) is 0 Å². The number of hydrogen-bond donors (Lipinski definition) is 1. The Bertz CT molecular complexity index is 411. The molecule has 2 unspecified atom stereocenters. The summed E-state index contributed by atoms with van der Waals surface area (Å²) in [6.07, 6.45) is 5.29. The summed E-state index contributed by atoms with van der Waals surface area (Å²) < 4.78 is 0. The van der Waals surface area contributed by atoms with Crippen LogP contribution in [0.25, 0.3) is 0 Å². The molecule has 2 atom stereocenters. The molecule has 1 N–H and O–H groups in total. The molecule has 2 aliphatic carbocycles. The zero-order valence-electron chi connectivity index (χ0n) is 11.5. The molecule has 0 heterocycles. The summed E-state index contributed by atoms with van der Waals surface area (Å²) in [5, 5.41) is 3.76. The van der Waals surface area contributed by atoms with E-state index in [2.05, 4.69) is 48.5 Å². The lowest BCUT2D eigenvalue weighted by molar-refractivity contribution is 0.235. The molecule has 0 radical (unpaired) electrons. The standard InChI is InChI=1S/C16H24N2/c1-12(18(2)14-8-9-14)11-17-16-10-7-13-5-3-4-6-15(13)16/h3-6,12,14,16-17H,7-11H2,1-2H3. The van der Waals surface area contributed by atoms with Gasteiger partial charge in [-0.2, -0.15) is 0 Å². The first-order chi connectivity index (χ1) is 8.75. The maximum absolute atomic E-state index is 3.76. The average molecular weight is 244 g/mol. The number of hydrogen-bond acceptors (Lipinski definition) is 2. The van der Waals surface area contributed by atoms with Crippen LogP contribution in [0.1, 0.15) is 43.4 Å². The van der Waals surface area contributed by atoms with Gasteiger partial charge in [-0.15, -0.1) is 0 Å². The molecule has 18 heavy (non-hydrogen) atoms. The molecule has 3 rings (SSSR count). The van der Waals surface area contributed by atoms with Crippen molar-refractivity contribution in [3.8, 4) is 0 Å². The highest BCUT2D eigenvalue weighted by atomic mass is 15.2. The van der Waals surface area contributed by atoms with Crippen LogP contribution in [0.15, 0.2) is 24.3 Å². The zero-order valence-corrected chi connectivity index (χ0v) is 11.5. The van der Waals surface area contributed by atoms with Crippen molar-refractivity contribution >= 4 is 0 Å². The number of benzene rings is 1. The molecular weight excluding hydrogens is 220 g/mol. The minimum atomic E-state index is 0.580. The first-order valence-corrected chi connectivity index (χ1v) is 7.29. The van der Waals surface area contributed by atoms with Crippen molar-refractivity contribution in [3.05, 3.63) is 35.4 Å². The van der Waals surface area contributed by atoms with Crippen molar-refractivity contribution < 1.29 is 0 Å². The lowest BCUT2D eigenvalue weighted by Crippen LogP contribution is -2.40. The number of rotatable bonds is 5. The molecule has 0 spiro atoms. The van der Waals surface area contributed by atoms with Gasteiger partial charge in [0.25, 0.3) is 0 Å². The van der Waals surface area contributed by atoms with Gasteiger partial charge in [0.1, 0.15) is 0 Å². The van der Waals surface area contributed by atoms with Gasteiger partial charge in [-0.1, -0.05) is 24.3 Å². The molecule has 0 bridgehead atoms. The molecular formula is C16H24N2. The van der Waals surface area contributed by atoms with Crippen LogP contribution in [0.2, 0.25) is 0 Å². The summed E-state index contributed by atoms with van der Waals surface area (Å²) in [5.41, 5.74) is 3.07. The van der Waals surface area contributed by atoms with E-state index < -0.39 is 0 Å². The Hall–Kier alpha value is -0.860. The van der Waals surface area contributed by atoms with Crippen molar-refractivity contribution in [3.63, 3.8) is 0 Å². The van der Waals surface area contributed by atoms with E-state index in [0.29, 0.717) is 12.1 Å². The fraction of sp³-hybridized carbons (Fsp3) is 0.625. The van der Waals surface area contributed by atoms with Crippen molar-refractivity contribution in [2.75, 3.05) is 13.6 Å². The first kappa shape index (κ1) is 12.2. The molecule has 0 aliphatic heterocycles. The van der Waals surface area contributed by atoms with Gasteiger partial charge in [-0.3, -0.25) is 4.90 Å². The van der Waals surface area contributed by atoms with Gasteiger partial charge in [-0.05, 0) is 50.8 Å². The van der Waals surface area contributed by atoms with Gasteiger partial charge in [0.15, 0.2) is 0 Å². The number of fused-ring (bicyclic) bond motifs is 1. The van der Waals surface area contributed by atoms with Crippen LogP contribution in [0.4, 0.5) is 0 Å². The van der Waals surface area contributed by atoms with Crippen molar-refractivity contribution in [1.29, 1.82) is 0 Å². The van der Waals surface area contributed by atoms with E-state index in [1.807, 2.05) is 0 Å². The molecule has 0 aromatic heterocycles. The Morgan fingerprint density at radius 3 is 2.83 bits per heavy atom. The van der Waals surface area contributed by atoms with E-state index in [1.165, 1.54) is 31.2 Å². The van der Waals surface area contributed by atoms with Crippen LogP contribution in [-0.2, 0) is 6.42 Å². The van der Waals surface area contributed by atoms with Gasteiger partial charge in [0, 0.05) is 24.7 Å². The fourth-order valence-electron chi connectivity index (χ4n) is 3.07. The Labute approximate surface area is 110 Å². The van der Waals surface area contributed by atoms with E-state index in [1.54, 1.807) is 5.56 Å². The van der Waals surface area contributed by atoms with Crippen molar-refractivity contribution in [2.45, 2.75) is 50.7 Å². The first-order valence-electron chi connectivity index (χ1n) is 7.29. The number of aryl methyl sites for hydroxylation is 1. The molecule has 2 heteroatoms. The highest BCUT2D eigenvalue weighted by molar-refractivity contribution is 5.34. The highest BCUT2D eigenvalue weighted by Crippen LogP contribution is 2.31. The van der Waals surface area contributed by atoms with Crippen molar-refractivity contribution in [1.82, 2.24) is 10.2 Å². The normalized spacial score (nSPS) is 24.3.